The number of carbonyl (C=O) groups excluding carboxylic acids is 1. The fraction of sp³-hybridized carbons (Fsp3) is 0.286. The van der Waals surface area contributed by atoms with Crippen LogP contribution in [0.4, 0.5) is 0 Å². The highest BCUT2D eigenvalue weighted by Gasteiger charge is 2.17. The van der Waals surface area contributed by atoms with Gasteiger partial charge in [0.2, 0.25) is 0 Å². The van der Waals surface area contributed by atoms with Crippen LogP contribution in [0.2, 0.25) is 0 Å². The van der Waals surface area contributed by atoms with Gasteiger partial charge in [-0.2, -0.15) is 0 Å². The van der Waals surface area contributed by atoms with E-state index >= 15 is 0 Å². The molecule has 0 spiro atoms. The molecule has 0 aromatic heterocycles. The van der Waals surface area contributed by atoms with Crippen LogP contribution in [0.15, 0.2) is 60.2 Å². The maximum atomic E-state index is 12.6. The fourth-order valence-electron chi connectivity index (χ4n) is 2.92. The summed E-state index contributed by atoms with van der Waals surface area (Å²) in [4.78, 5) is 14.4. The normalized spacial score (nSPS) is 15.8. The van der Waals surface area contributed by atoms with Crippen LogP contribution in [-0.2, 0) is 0 Å². The molecule has 124 valence electrons. The smallest absolute Gasteiger partial charge is 0.254 e. The summed E-state index contributed by atoms with van der Waals surface area (Å²) in [5.74, 6) is 0.0861. The van der Waals surface area contributed by atoms with Gasteiger partial charge in [0, 0.05) is 18.7 Å². The predicted octanol–water partition coefficient (Wildman–Crippen LogP) is 4.20. The van der Waals surface area contributed by atoms with Crippen molar-refractivity contribution < 1.29 is 9.90 Å². The Morgan fingerprint density at radius 2 is 1.88 bits per heavy atom. The van der Waals surface area contributed by atoms with Gasteiger partial charge in [-0.1, -0.05) is 42.0 Å². The van der Waals surface area contributed by atoms with Crippen LogP contribution in [0, 0.1) is 0 Å². The maximum Gasteiger partial charge on any atom is 0.254 e. The molecular formula is C21H23NO2. The predicted molar refractivity (Wildman–Crippen MR) is 96.8 cm³/mol. The van der Waals surface area contributed by atoms with E-state index in [0.29, 0.717) is 6.54 Å². The lowest BCUT2D eigenvalue weighted by Gasteiger charge is -2.25. The number of hydrogen-bond donors (Lipinski definition) is 1. The number of carbonyl (C=O) groups is 1. The average Bonchev–Trinajstić information content (AvgIpc) is 2.62. The summed E-state index contributed by atoms with van der Waals surface area (Å²) >= 11 is 0. The third-order valence-electron chi connectivity index (χ3n) is 4.56. The SMILES string of the molecule is CC1=CCN(C(=O)c2ccc(-c3cccc([C@H](C)O)c3)cc2)CC1. The standard InChI is InChI=1S/C21H23NO2/c1-15-10-12-22(13-11-15)21(24)18-8-6-17(7-9-18)20-5-3-4-19(14-20)16(2)23/h3-10,14,16,23H,11-13H2,1-2H3/t16-/m0/s1. The monoisotopic (exact) mass is 321 g/mol. The molecule has 1 amide bonds. The molecular weight excluding hydrogens is 298 g/mol. The van der Waals surface area contributed by atoms with E-state index in [1.807, 2.05) is 53.4 Å². The van der Waals surface area contributed by atoms with Gasteiger partial charge in [0.1, 0.15) is 0 Å². The number of rotatable bonds is 3. The van der Waals surface area contributed by atoms with Crippen LogP contribution >= 0.6 is 0 Å². The summed E-state index contributed by atoms with van der Waals surface area (Å²) in [5, 5.41) is 9.72. The van der Waals surface area contributed by atoms with Crippen molar-refractivity contribution in [2.45, 2.75) is 26.4 Å². The van der Waals surface area contributed by atoms with E-state index in [4.69, 9.17) is 0 Å². The molecule has 24 heavy (non-hydrogen) atoms. The lowest BCUT2D eigenvalue weighted by atomic mass is 9.99. The van der Waals surface area contributed by atoms with Gasteiger partial charge in [-0.05, 0) is 55.2 Å². The van der Waals surface area contributed by atoms with Crippen molar-refractivity contribution in [2.24, 2.45) is 0 Å². The Morgan fingerprint density at radius 3 is 2.50 bits per heavy atom. The van der Waals surface area contributed by atoms with Gasteiger partial charge in [0.15, 0.2) is 0 Å². The summed E-state index contributed by atoms with van der Waals surface area (Å²) in [6, 6.07) is 15.6. The molecule has 0 saturated heterocycles. The first-order valence-corrected chi connectivity index (χ1v) is 8.38. The van der Waals surface area contributed by atoms with E-state index in [1.54, 1.807) is 6.92 Å². The van der Waals surface area contributed by atoms with Gasteiger partial charge < -0.3 is 10.0 Å². The molecule has 0 saturated carbocycles. The molecule has 2 aromatic rings. The van der Waals surface area contributed by atoms with Crippen molar-refractivity contribution in [3.63, 3.8) is 0 Å². The Kier molecular flexibility index (Phi) is 4.81. The molecule has 0 radical (unpaired) electrons. The zero-order valence-electron chi connectivity index (χ0n) is 14.2. The van der Waals surface area contributed by atoms with E-state index in [-0.39, 0.29) is 5.91 Å². The minimum atomic E-state index is -0.485. The second-order valence-corrected chi connectivity index (χ2v) is 6.43. The first-order valence-electron chi connectivity index (χ1n) is 8.38. The summed E-state index contributed by atoms with van der Waals surface area (Å²) < 4.78 is 0. The third kappa shape index (κ3) is 3.57. The lowest BCUT2D eigenvalue weighted by molar-refractivity contribution is 0.0769. The zero-order valence-corrected chi connectivity index (χ0v) is 14.2. The molecule has 3 rings (SSSR count). The Balaban J connectivity index is 1.78. The van der Waals surface area contributed by atoms with E-state index in [0.717, 1.165) is 35.2 Å². The summed E-state index contributed by atoms with van der Waals surface area (Å²) in [6.45, 7) is 5.36. The molecule has 1 atom stereocenters. The van der Waals surface area contributed by atoms with E-state index < -0.39 is 6.10 Å². The highest BCUT2D eigenvalue weighted by molar-refractivity contribution is 5.95. The van der Waals surface area contributed by atoms with Crippen LogP contribution in [0.1, 0.15) is 42.3 Å². The quantitative estimate of drug-likeness (QED) is 0.861. The maximum absolute atomic E-state index is 12.6. The second kappa shape index (κ2) is 7.02. The van der Waals surface area contributed by atoms with Crippen molar-refractivity contribution in [3.05, 3.63) is 71.3 Å². The minimum absolute atomic E-state index is 0.0861. The van der Waals surface area contributed by atoms with Gasteiger partial charge in [-0.3, -0.25) is 4.79 Å². The van der Waals surface area contributed by atoms with Crippen LogP contribution in [0.3, 0.4) is 0 Å². The van der Waals surface area contributed by atoms with Crippen LogP contribution in [0.25, 0.3) is 11.1 Å². The highest BCUT2D eigenvalue weighted by Crippen LogP contribution is 2.24. The molecule has 0 fully saturated rings. The van der Waals surface area contributed by atoms with Crippen molar-refractivity contribution in [1.82, 2.24) is 4.90 Å². The van der Waals surface area contributed by atoms with Crippen molar-refractivity contribution in [2.75, 3.05) is 13.1 Å². The van der Waals surface area contributed by atoms with E-state index in [2.05, 4.69) is 13.0 Å². The number of nitrogens with zero attached hydrogens (tertiary/aromatic N) is 1. The molecule has 3 heteroatoms. The first-order chi connectivity index (χ1) is 11.5. The topological polar surface area (TPSA) is 40.5 Å². The summed E-state index contributed by atoms with van der Waals surface area (Å²) in [5.41, 5.74) is 5.06. The Bertz CT molecular complexity index is 760. The molecule has 0 aliphatic carbocycles. The van der Waals surface area contributed by atoms with Crippen LogP contribution < -0.4 is 0 Å². The fourth-order valence-corrected chi connectivity index (χ4v) is 2.92. The number of aliphatic hydroxyl groups is 1. The van der Waals surface area contributed by atoms with Crippen molar-refractivity contribution in [3.8, 4) is 11.1 Å². The van der Waals surface area contributed by atoms with Crippen molar-refractivity contribution >= 4 is 5.91 Å². The number of amides is 1. The minimum Gasteiger partial charge on any atom is -0.389 e. The molecule has 0 bridgehead atoms. The molecule has 1 heterocycles. The molecule has 3 nitrogen and oxygen atoms in total. The first kappa shape index (κ1) is 16.5. The lowest BCUT2D eigenvalue weighted by Crippen LogP contribution is -2.34. The van der Waals surface area contributed by atoms with Gasteiger partial charge in [0.05, 0.1) is 6.10 Å². The average molecular weight is 321 g/mol. The Hall–Kier alpha value is -2.39. The highest BCUT2D eigenvalue weighted by atomic mass is 16.3. The Labute approximate surface area is 143 Å². The largest absolute Gasteiger partial charge is 0.389 e. The number of aliphatic hydroxyl groups excluding tert-OH is 1. The van der Waals surface area contributed by atoms with Crippen molar-refractivity contribution in [1.29, 1.82) is 0 Å². The van der Waals surface area contributed by atoms with Gasteiger partial charge >= 0.3 is 0 Å². The molecule has 0 unspecified atom stereocenters. The van der Waals surface area contributed by atoms with Gasteiger partial charge in [-0.25, -0.2) is 0 Å². The third-order valence-corrected chi connectivity index (χ3v) is 4.56. The number of hydrogen-bond acceptors (Lipinski definition) is 2. The van der Waals surface area contributed by atoms with Crippen LogP contribution in [0.5, 0.6) is 0 Å². The molecule has 1 N–H and O–H groups in total. The molecule has 1 aliphatic heterocycles. The number of benzene rings is 2. The van der Waals surface area contributed by atoms with Gasteiger partial charge in [0.25, 0.3) is 5.91 Å². The summed E-state index contributed by atoms with van der Waals surface area (Å²) in [7, 11) is 0. The molecule has 1 aliphatic rings. The van der Waals surface area contributed by atoms with Crippen LogP contribution in [-0.4, -0.2) is 29.0 Å². The summed E-state index contributed by atoms with van der Waals surface area (Å²) in [6.07, 6.45) is 2.59. The molecule has 2 aromatic carbocycles. The van der Waals surface area contributed by atoms with Gasteiger partial charge in [-0.15, -0.1) is 0 Å². The Morgan fingerprint density at radius 1 is 1.12 bits per heavy atom. The van der Waals surface area contributed by atoms with E-state index in [1.165, 1.54) is 5.57 Å². The zero-order chi connectivity index (χ0) is 17.1. The second-order valence-electron chi connectivity index (χ2n) is 6.43. The van der Waals surface area contributed by atoms with E-state index in [9.17, 15) is 9.90 Å².